The molecule has 0 aromatic rings. The first-order chi connectivity index (χ1) is 11.2. The van der Waals surface area contributed by atoms with E-state index in [9.17, 15) is 0 Å². The smallest absolute Gasteiger partial charge is 0.0326 e. The molecule has 0 N–H and O–H groups in total. The van der Waals surface area contributed by atoms with Gasteiger partial charge in [-0.1, -0.05) is 130 Å². The van der Waals surface area contributed by atoms with Gasteiger partial charge in [0.2, 0.25) is 0 Å². The van der Waals surface area contributed by atoms with Crippen molar-refractivity contribution in [1.82, 2.24) is 0 Å². The van der Waals surface area contributed by atoms with Crippen LogP contribution in [0.15, 0.2) is 0 Å². The second kappa shape index (κ2) is 18.3. The van der Waals surface area contributed by atoms with E-state index in [1.165, 1.54) is 103 Å². The van der Waals surface area contributed by atoms with E-state index in [1.54, 1.807) is 0 Å². The standard InChI is InChI=1S/C23H47/c1-5-8-11-13-15-16-18-22(4)21-23(19-10-7-3)20-17-14-12-9-6-2/h21-23H,5-20H2,1-4H3. The Hall–Kier alpha value is 0. The zero-order valence-corrected chi connectivity index (χ0v) is 17.0. The van der Waals surface area contributed by atoms with Gasteiger partial charge >= 0.3 is 0 Å². The molecule has 0 aliphatic rings. The predicted octanol–water partition coefficient (Wildman–Crippen LogP) is 8.74. The minimum Gasteiger partial charge on any atom is -0.0654 e. The third-order valence-electron chi connectivity index (χ3n) is 5.22. The molecule has 0 rings (SSSR count). The molecule has 23 heavy (non-hydrogen) atoms. The number of hydrogen-bond donors (Lipinski definition) is 0. The van der Waals surface area contributed by atoms with Crippen molar-refractivity contribution in [3.8, 4) is 0 Å². The monoisotopic (exact) mass is 323 g/mol. The van der Waals surface area contributed by atoms with Crippen molar-refractivity contribution in [3.63, 3.8) is 0 Å². The van der Waals surface area contributed by atoms with Gasteiger partial charge in [0, 0.05) is 0 Å². The lowest BCUT2D eigenvalue weighted by Crippen LogP contribution is -2.08. The molecule has 0 fully saturated rings. The van der Waals surface area contributed by atoms with E-state index in [-0.39, 0.29) is 0 Å². The molecule has 0 nitrogen and oxygen atoms in total. The molecule has 139 valence electrons. The Labute approximate surface area is 149 Å². The summed E-state index contributed by atoms with van der Waals surface area (Å²) < 4.78 is 0. The van der Waals surface area contributed by atoms with Gasteiger partial charge in [-0.2, -0.15) is 0 Å². The van der Waals surface area contributed by atoms with Crippen molar-refractivity contribution in [1.29, 1.82) is 0 Å². The maximum Gasteiger partial charge on any atom is -0.0326 e. The van der Waals surface area contributed by atoms with Crippen molar-refractivity contribution in [2.75, 3.05) is 0 Å². The summed E-state index contributed by atoms with van der Waals surface area (Å²) in [6, 6.07) is 0. The molecule has 0 aliphatic heterocycles. The van der Waals surface area contributed by atoms with Crippen LogP contribution in [0, 0.1) is 18.3 Å². The molecule has 0 aromatic carbocycles. The summed E-state index contributed by atoms with van der Waals surface area (Å²) in [4.78, 5) is 0. The molecule has 0 aliphatic carbocycles. The van der Waals surface area contributed by atoms with Gasteiger partial charge in [-0.25, -0.2) is 0 Å². The summed E-state index contributed by atoms with van der Waals surface area (Å²) in [5, 5.41) is 0. The van der Waals surface area contributed by atoms with Crippen molar-refractivity contribution in [3.05, 3.63) is 6.42 Å². The van der Waals surface area contributed by atoms with E-state index >= 15 is 0 Å². The third-order valence-corrected chi connectivity index (χ3v) is 5.22. The molecule has 0 aromatic heterocycles. The first kappa shape index (κ1) is 23.0. The quantitative estimate of drug-likeness (QED) is 0.221. The zero-order valence-electron chi connectivity index (χ0n) is 17.0. The summed E-state index contributed by atoms with van der Waals surface area (Å²) in [7, 11) is 0. The molecule has 0 spiro atoms. The minimum absolute atomic E-state index is 0.832. The van der Waals surface area contributed by atoms with E-state index < -0.39 is 0 Å². The molecule has 0 saturated heterocycles. The molecular weight excluding hydrogens is 276 g/mol. The number of rotatable bonds is 18. The van der Waals surface area contributed by atoms with Crippen molar-refractivity contribution >= 4 is 0 Å². The number of hydrogen-bond acceptors (Lipinski definition) is 0. The first-order valence-electron chi connectivity index (χ1n) is 11.1. The first-order valence-corrected chi connectivity index (χ1v) is 11.1. The fourth-order valence-corrected chi connectivity index (χ4v) is 3.62. The molecular formula is C23H47. The van der Waals surface area contributed by atoms with Crippen LogP contribution < -0.4 is 0 Å². The average molecular weight is 324 g/mol. The Bertz CT molecular complexity index is 208. The molecule has 0 bridgehead atoms. The average Bonchev–Trinajstić information content (AvgIpc) is 2.55. The van der Waals surface area contributed by atoms with E-state index in [1.807, 2.05) is 0 Å². The van der Waals surface area contributed by atoms with Gasteiger partial charge < -0.3 is 0 Å². The predicted molar refractivity (Wildman–Crippen MR) is 108 cm³/mol. The molecule has 0 heterocycles. The van der Waals surface area contributed by atoms with E-state index in [2.05, 4.69) is 34.1 Å². The van der Waals surface area contributed by atoms with Crippen LogP contribution in [0.3, 0.4) is 0 Å². The van der Waals surface area contributed by atoms with Gasteiger partial charge in [0.15, 0.2) is 0 Å². The molecule has 0 heteroatoms. The fourth-order valence-electron chi connectivity index (χ4n) is 3.62. The highest BCUT2D eigenvalue weighted by Gasteiger charge is 2.13. The topological polar surface area (TPSA) is 0 Å². The van der Waals surface area contributed by atoms with Crippen LogP contribution >= 0.6 is 0 Å². The Kier molecular flexibility index (Phi) is 18.3. The van der Waals surface area contributed by atoms with Gasteiger partial charge in [0.25, 0.3) is 0 Å². The summed E-state index contributed by atoms with van der Waals surface area (Å²) in [6.07, 6.45) is 25.5. The second-order valence-electron chi connectivity index (χ2n) is 7.83. The normalized spacial score (nSPS) is 14.1. The largest absolute Gasteiger partial charge is 0.0654 e. The summed E-state index contributed by atoms with van der Waals surface area (Å²) in [6.45, 7) is 9.40. The van der Waals surface area contributed by atoms with Crippen LogP contribution in [-0.2, 0) is 0 Å². The Morgan fingerprint density at radius 3 is 1.52 bits per heavy atom. The molecule has 0 amide bonds. The molecule has 2 atom stereocenters. The fraction of sp³-hybridized carbons (Fsp3) is 0.957. The Morgan fingerprint density at radius 2 is 0.957 bits per heavy atom. The van der Waals surface area contributed by atoms with E-state index in [0.717, 1.165) is 11.8 Å². The van der Waals surface area contributed by atoms with Crippen molar-refractivity contribution < 1.29 is 0 Å². The minimum atomic E-state index is 0.832. The van der Waals surface area contributed by atoms with Gasteiger partial charge in [0.1, 0.15) is 0 Å². The maximum atomic E-state index is 2.72. The highest BCUT2D eigenvalue weighted by molar-refractivity contribution is 4.81. The molecule has 0 saturated carbocycles. The van der Waals surface area contributed by atoms with Gasteiger partial charge in [-0.3, -0.25) is 0 Å². The van der Waals surface area contributed by atoms with Crippen LogP contribution in [0.25, 0.3) is 0 Å². The van der Waals surface area contributed by atoms with Gasteiger partial charge in [-0.05, 0) is 18.3 Å². The lowest BCUT2D eigenvalue weighted by Gasteiger charge is -2.21. The van der Waals surface area contributed by atoms with E-state index in [4.69, 9.17) is 0 Å². The van der Waals surface area contributed by atoms with Crippen molar-refractivity contribution in [2.24, 2.45) is 11.8 Å². The van der Waals surface area contributed by atoms with Crippen LogP contribution in [0.2, 0.25) is 0 Å². The summed E-state index contributed by atoms with van der Waals surface area (Å²) in [5.74, 6) is 1.73. The highest BCUT2D eigenvalue weighted by atomic mass is 14.2. The lowest BCUT2D eigenvalue weighted by molar-refractivity contribution is 0.402. The number of unbranched alkanes of at least 4 members (excludes halogenated alkanes) is 10. The Morgan fingerprint density at radius 1 is 0.522 bits per heavy atom. The van der Waals surface area contributed by atoms with Gasteiger partial charge in [0.05, 0.1) is 0 Å². The SMILES string of the molecule is CCCCCCCCC(C)[CH]C(CCCC)CCCCCCC. The molecule has 1 radical (unpaired) electrons. The van der Waals surface area contributed by atoms with Crippen molar-refractivity contribution in [2.45, 2.75) is 130 Å². The van der Waals surface area contributed by atoms with Crippen LogP contribution in [0.1, 0.15) is 130 Å². The highest BCUT2D eigenvalue weighted by Crippen LogP contribution is 2.26. The third kappa shape index (κ3) is 16.6. The van der Waals surface area contributed by atoms with Crippen LogP contribution in [0.5, 0.6) is 0 Å². The second-order valence-corrected chi connectivity index (χ2v) is 7.83. The summed E-state index contributed by atoms with van der Waals surface area (Å²) >= 11 is 0. The van der Waals surface area contributed by atoms with Crippen LogP contribution in [0.4, 0.5) is 0 Å². The Balaban J connectivity index is 3.77. The zero-order chi connectivity index (χ0) is 17.2. The summed E-state index contributed by atoms with van der Waals surface area (Å²) in [5.41, 5.74) is 0. The van der Waals surface area contributed by atoms with E-state index in [0.29, 0.717) is 0 Å². The van der Waals surface area contributed by atoms with Gasteiger partial charge in [-0.15, -0.1) is 0 Å². The van der Waals surface area contributed by atoms with Crippen LogP contribution in [-0.4, -0.2) is 0 Å². The molecule has 2 unspecified atom stereocenters. The lowest BCUT2D eigenvalue weighted by atomic mass is 9.85. The maximum absolute atomic E-state index is 2.72.